The second kappa shape index (κ2) is 12.3. The lowest BCUT2D eigenvalue weighted by molar-refractivity contribution is 0.788. The second-order valence-electron chi connectivity index (χ2n) is 9.81. The Balaban J connectivity index is 1.59. The minimum atomic E-state index is 0.0917. The molecule has 6 N–H and O–H groups in total. The molecule has 5 rings (SSSR count). The summed E-state index contributed by atoms with van der Waals surface area (Å²) in [5, 5.41) is 80.9. The minimum Gasteiger partial charge on any atom is -0.328 e. The van der Waals surface area contributed by atoms with Crippen molar-refractivity contribution in [1.29, 1.82) is 21.3 Å². The highest BCUT2D eigenvalue weighted by molar-refractivity contribution is 5.93. The Morgan fingerprint density at radius 3 is 1.50 bits per heavy atom. The number of nitrogens with one attached hydrogen (secondary N) is 6. The zero-order valence-corrected chi connectivity index (χ0v) is 25.4. The summed E-state index contributed by atoms with van der Waals surface area (Å²) in [6, 6.07) is 5.75. The average molecular weight is 619 g/mol. The number of nitrogens with zero attached hydrogens (tertiary/aromatic N) is 14. The first-order valence-electron chi connectivity index (χ1n) is 13.4. The molecule has 0 saturated carbocycles. The van der Waals surface area contributed by atoms with E-state index >= 15 is 0 Å². The van der Waals surface area contributed by atoms with Crippen molar-refractivity contribution in [2.75, 3.05) is 10.6 Å². The topological polar surface area (TPSA) is 288 Å². The highest BCUT2D eigenvalue weighted by atomic mass is 15.4. The third kappa shape index (κ3) is 5.80. The van der Waals surface area contributed by atoms with Gasteiger partial charge in [0.15, 0.2) is 46.3 Å². The van der Waals surface area contributed by atoms with E-state index in [1.165, 1.54) is 21.8 Å². The summed E-state index contributed by atoms with van der Waals surface area (Å²) in [6.07, 6.45) is 1.27. The lowest BCUT2D eigenvalue weighted by atomic mass is 10.3. The Bertz CT molecular complexity index is 1990. The number of aryl methyl sites for hydroxylation is 4. The molecule has 0 bridgehead atoms. The molecule has 0 unspecified atom stereocenters. The Kier molecular flexibility index (Phi) is 8.18. The monoisotopic (exact) mass is 618 g/mol. The lowest BCUT2D eigenvalue weighted by Gasteiger charge is -2.07. The van der Waals surface area contributed by atoms with E-state index in [2.05, 4.69) is 83.8 Å². The van der Waals surface area contributed by atoms with Crippen LogP contribution in [0.3, 0.4) is 0 Å². The molecule has 0 spiro atoms. The fourth-order valence-corrected chi connectivity index (χ4v) is 4.21. The zero-order valence-electron chi connectivity index (χ0n) is 25.4. The molecule has 20 heteroatoms. The molecule has 5 heterocycles. The van der Waals surface area contributed by atoms with Crippen LogP contribution in [-0.4, -0.2) is 61.6 Å². The molecule has 0 saturated heterocycles. The van der Waals surface area contributed by atoms with Crippen LogP contribution < -0.4 is 10.6 Å². The van der Waals surface area contributed by atoms with Gasteiger partial charge in [-0.3, -0.25) is 21.0 Å². The van der Waals surface area contributed by atoms with E-state index in [0.717, 1.165) is 0 Å². The van der Waals surface area contributed by atoms with Crippen molar-refractivity contribution in [2.45, 2.75) is 41.5 Å². The van der Waals surface area contributed by atoms with Crippen molar-refractivity contribution in [1.82, 2.24) is 49.9 Å². The number of aromatic amines is 2. The fraction of sp³-hybridized carbons (Fsp3) is 0.231. The molecular weight excluding hydrogens is 592 g/mol. The van der Waals surface area contributed by atoms with E-state index in [0.29, 0.717) is 45.8 Å². The van der Waals surface area contributed by atoms with Crippen LogP contribution in [0.2, 0.25) is 0 Å². The molecule has 0 aliphatic heterocycles. The second-order valence-corrected chi connectivity index (χ2v) is 9.81. The van der Waals surface area contributed by atoms with Crippen molar-refractivity contribution in [3.05, 3.63) is 46.3 Å². The molecule has 0 aromatic carbocycles. The molecule has 0 radical (unpaired) electrons. The van der Waals surface area contributed by atoms with Crippen molar-refractivity contribution in [3.8, 4) is 23.8 Å². The highest BCUT2D eigenvalue weighted by Crippen LogP contribution is 2.33. The number of hydrogen-bond acceptors (Lipinski definition) is 14. The van der Waals surface area contributed by atoms with Crippen molar-refractivity contribution < 1.29 is 0 Å². The molecule has 0 aliphatic carbocycles. The molecule has 20 nitrogen and oxygen atoms in total. The normalized spacial score (nSPS) is 11.2. The summed E-state index contributed by atoms with van der Waals surface area (Å²) < 4.78 is 2.67. The molecule has 230 valence electrons. The summed E-state index contributed by atoms with van der Waals surface area (Å²) in [4.78, 5) is 8.68. The van der Waals surface area contributed by atoms with E-state index in [-0.39, 0.29) is 46.1 Å². The van der Waals surface area contributed by atoms with Gasteiger partial charge in [0, 0.05) is 6.07 Å². The Morgan fingerprint density at radius 1 is 0.717 bits per heavy atom. The summed E-state index contributed by atoms with van der Waals surface area (Å²) in [5.41, 5.74) is 2.82. The van der Waals surface area contributed by atoms with Crippen LogP contribution in [0, 0.1) is 61.2 Å². The van der Waals surface area contributed by atoms with E-state index in [1.54, 1.807) is 41.5 Å². The van der Waals surface area contributed by atoms with Crippen LogP contribution in [0.1, 0.15) is 47.8 Å². The zero-order chi connectivity index (χ0) is 33.1. The first kappa shape index (κ1) is 30.5. The quantitative estimate of drug-likeness (QED) is 0.0774. The highest BCUT2D eigenvalue weighted by Gasteiger charge is 2.22. The van der Waals surface area contributed by atoms with Gasteiger partial charge in [-0.15, -0.1) is 20.5 Å². The van der Waals surface area contributed by atoms with Crippen molar-refractivity contribution in [2.24, 2.45) is 20.5 Å². The summed E-state index contributed by atoms with van der Waals surface area (Å²) in [5.74, 6) is 1.68. The standard InChI is InChI=1S/C26H26N20/c1-11-17(8-27)25(41-37-21-13(3)35-39-23(21)33-15(5)29)45(43-11)19-7-20(32-10-31-19)46-26(18(9-28)12(2)44-46)42-38-22-14(4)36-40-24(22)34-16(6)30/h7,10H,1-6H3,(H3,29,33,35,39)(H3,30,34,36,40). The minimum absolute atomic E-state index is 0.0917. The molecular formula is C26H26N20. The maximum absolute atomic E-state index is 9.91. The summed E-state index contributed by atoms with van der Waals surface area (Å²) >= 11 is 0. The van der Waals surface area contributed by atoms with Gasteiger partial charge in [0.1, 0.15) is 29.6 Å². The molecule has 5 aromatic heterocycles. The number of H-pyrrole nitrogens is 2. The summed E-state index contributed by atoms with van der Waals surface area (Å²) in [6.45, 7) is 9.87. The number of anilines is 2. The van der Waals surface area contributed by atoms with Gasteiger partial charge in [-0.1, -0.05) is 0 Å². The van der Waals surface area contributed by atoms with Crippen LogP contribution in [-0.2, 0) is 0 Å². The van der Waals surface area contributed by atoms with Crippen LogP contribution in [0.25, 0.3) is 11.6 Å². The molecule has 0 amide bonds. The Morgan fingerprint density at radius 2 is 1.13 bits per heavy atom. The lowest BCUT2D eigenvalue weighted by Crippen LogP contribution is -2.06. The van der Waals surface area contributed by atoms with Crippen LogP contribution >= 0.6 is 0 Å². The molecule has 0 fully saturated rings. The van der Waals surface area contributed by atoms with Gasteiger partial charge in [0.05, 0.1) is 34.4 Å². The Labute approximate surface area is 260 Å². The van der Waals surface area contributed by atoms with Gasteiger partial charge in [-0.2, -0.15) is 40.3 Å². The van der Waals surface area contributed by atoms with Gasteiger partial charge in [0.25, 0.3) is 0 Å². The molecule has 0 atom stereocenters. The van der Waals surface area contributed by atoms with Gasteiger partial charge in [-0.25, -0.2) is 9.97 Å². The number of hydrogen-bond donors (Lipinski definition) is 6. The number of aromatic nitrogens is 10. The van der Waals surface area contributed by atoms with Crippen LogP contribution in [0.15, 0.2) is 32.9 Å². The van der Waals surface area contributed by atoms with Gasteiger partial charge < -0.3 is 10.6 Å². The largest absolute Gasteiger partial charge is 0.328 e. The predicted octanol–water partition coefficient (Wildman–Crippen LogP) is 4.92. The number of rotatable bonds is 8. The SMILES string of the molecule is CC(=N)Nc1[nH]nc(C)c1N=Nc1c(C#N)c(C)nn1-c1cc(-n2nc(C)c(C#N)c2N=Nc2c(C)n[nH]c2NC(C)=N)ncn1. The molecule has 0 aliphatic rings. The fourth-order valence-electron chi connectivity index (χ4n) is 4.21. The first-order valence-corrected chi connectivity index (χ1v) is 13.4. The van der Waals surface area contributed by atoms with Gasteiger partial charge in [0.2, 0.25) is 0 Å². The number of amidine groups is 2. The number of azo groups is 2. The van der Waals surface area contributed by atoms with Gasteiger partial charge >= 0.3 is 0 Å². The van der Waals surface area contributed by atoms with Crippen LogP contribution in [0.5, 0.6) is 0 Å². The van der Waals surface area contributed by atoms with Crippen molar-refractivity contribution in [3.63, 3.8) is 0 Å². The maximum atomic E-state index is 9.91. The van der Waals surface area contributed by atoms with Gasteiger partial charge in [-0.05, 0) is 41.5 Å². The predicted molar refractivity (Wildman–Crippen MR) is 164 cm³/mol. The molecule has 5 aromatic rings. The first-order chi connectivity index (χ1) is 22.0. The van der Waals surface area contributed by atoms with E-state index in [4.69, 9.17) is 10.8 Å². The number of nitriles is 2. The smallest absolute Gasteiger partial charge is 0.197 e. The van der Waals surface area contributed by atoms with Crippen molar-refractivity contribution >= 4 is 46.3 Å². The van der Waals surface area contributed by atoms with Crippen LogP contribution in [0.4, 0.5) is 34.6 Å². The van der Waals surface area contributed by atoms with E-state index < -0.39 is 0 Å². The third-order valence-corrected chi connectivity index (χ3v) is 6.31. The molecule has 46 heavy (non-hydrogen) atoms. The summed E-state index contributed by atoms with van der Waals surface area (Å²) in [7, 11) is 0. The third-order valence-electron chi connectivity index (χ3n) is 6.31. The van der Waals surface area contributed by atoms with E-state index in [9.17, 15) is 10.5 Å². The average Bonchev–Trinajstić information content (AvgIpc) is 3.73. The van der Waals surface area contributed by atoms with E-state index in [1.807, 2.05) is 0 Å². The Hall–Kier alpha value is -6.96. The maximum Gasteiger partial charge on any atom is 0.197 e.